The Kier molecular flexibility index (Phi) is 3.27. The van der Waals surface area contributed by atoms with Crippen molar-refractivity contribution in [2.75, 3.05) is 11.4 Å². The number of aromatic nitrogens is 1. The molecule has 1 atom stereocenters. The highest BCUT2D eigenvalue weighted by atomic mass is 16.2. The first-order valence-electron chi connectivity index (χ1n) is 6.52. The van der Waals surface area contributed by atoms with Gasteiger partial charge < -0.3 is 16.0 Å². The van der Waals surface area contributed by atoms with Crippen molar-refractivity contribution in [1.82, 2.24) is 10.3 Å². The molecular weight excluding hydrogens is 268 g/mol. The molecular formula is C15H14N4O2. The summed E-state index contributed by atoms with van der Waals surface area (Å²) in [5.74, 6) is -0.663. The fourth-order valence-electron chi connectivity index (χ4n) is 2.45. The summed E-state index contributed by atoms with van der Waals surface area (Å²) in [5, 5.41) is 2.86. The van der Waals surface area contributed by atoms with Crippen LogP contribution in [-0.4, -0.2) is 23.3 Å². The average Bonchev–Trinajstić information content (AvgIpc) is 2.50. The van der Waals surface area contributed by atoms with Crippen LogP contribution in [0.2, 0.25) is 0 Å². The fraction of sp³-hybridized carbons (Fsp3) is 0.133. The number of para-hydroxylation sites is 1. The van der Waals surface area contributed by atoms with E-state index in [0.717, 1.165) is 0 Å². The predicted octanol–water partition coefficient (Wildman–Crippen LogP) is 0.815. The summed E-state index contributed by atoms with van der Waals surface area (Å²) in [5.41, 5.74) is 7.19. The number of fused-ring (bicyclic) bond motifs is 1. The van der Waals surface area contributed by atoms with Gasteiger partial charge in [0, 0.05) is 6.20 Å². The van der Waals surface area contributed by atoms with Gasteiger partial charge in [0.05, 0.1) is 23.5 Å². The van der Waals surface area contributed by atoms with Crippen LogP contribution in [0.5, 0.6) is 0 Å². The average molecular weight is 282 g/mol. The maximum absolute atomic E-state index is 12.2. The Balaban J connectivity index is 2.08. The SMILES string of the molecule is NC(=O)CN1c2ccccc2C(=O)NC1c1ccccn1. The Morgan fingerprint density at radius 3 is 2.71 bits per heavy atom. The lowest BCUT2D eigenvalue weighted by Crippen LogP contribution is -2.49. The van der Waals surface area contributed by atoms with E-state index in [1.54, 1.807) is 41.4 Å². The number of benzene rings is 1. The molecule has 2 aromatic rings. The number of carbonyl (C=O) groups is 2. The molecule has 106 valence electrons. The summed E-state index contributed by atoms with van der Waals surface area (Å²) in [6.45, 7) is -0.00145. The van der Waals surface area contributed by atoms with Gasteiger partial charge in [-0.25, -0.2) is 0 Å². The monoisotopic (exact) mass is 282 g/mol. The van der Waals surface area contributed by atoms with Crippen LogP contribution < -0.4 is 16.0 Å². The Labute approximate surface area is 121 Å². The van der Waals surface area contributed by atoms with Gasteiger partial charge in [0.2, 0.25) is 5.91 Å². The first kappa shape index (κ1) is 13.1. The summed E-state index contributed by atoms with van der Waals surface area (Å²) in [4.78, 5) is 29.6. The number of hydrogen-bond donors (Lipinski definition) is 2. The number of carbonyl (C=O) groups excluding carboxylic acids is 2. The maximum atomic E-state index is 12.2. The number of rotatable bonds is 3. The number of amides is 2. The molecule has 0 aliphatic carbocycles. The lowest BCUT2D eigenvalue weighted by molar-refractivity contribution is -0.116. The largest absolute Gasteiger partial charge is 0.368 e. The number of hydrogen-bond acceptors (Lipinski definition) is 4. The van der Waals surface area contributed by atoms with Crippen molar-refractivity contribution in [3.8, 4) is 0 Å². The molecule has 0 saturated heterocycles. The number of nitrogens with zero attached hydrogens (tertiary/aromatic N) is 2. The number of pyridine rings is 1. The van der Waals surface area contributed by atoms with E-state index in [2.05, 4.69) is 10.3 Å². The molecule has 1 aliphatic rings. The van der Waals surface area contributed by atoms with E-state index in [1.165, 1.54) is 0 Å². The zero-order valence-corrected chi connectivity index (χ0v) is 11.2. The third-order valence-electron chi connectivity index (χ3n) is 3.33. The molecule has 1 unspecified atom stereocenters. The van der Waals surface area contributed by atoms with Crippen LogP contribution in [0, 0.1) is 0 Å². The van der Waals surface area contributed by atoms with E-state index in [1.807, 2.05) is 12.1 Å². The van der Waals surface area contributed by atoms with Gasteiger partial charge in [-0.05, 0) is 24.3 Å². The van der Waals surface area contributed by atoms with Crippen LogP contribution in [0.3, 0.4) is 0 Å². The first-order valence-corrected chi connectivity index (χ1v) is 6.52. The number of primary amides is 1. The summed E-state index contributed by atoms with van der Waals surface area (Å²) in [6.07, 6.45) is 1.13. The smallest absolute Gasteiger partial charge is 0.255 e. The van der Waals surface area contributed by atoms with Crippen molar-refractivity contribution < 1.29 is 9.59 Å². The number of anilines is 1. The molecule has 0 bridgehead atoms. The lowest BCUT2D eigenvalue weighted by Gasteiger charge is -2.37. The van der Waals surface area contributed by atoms with Crippen molar-refractivity contribution in [3.63, 3.8) is 0 Å². The second-order valence-corrected chi connectivity index (χ2v) is 4.74. The second kappa shape index (κ2) is 5.24. The van der Waals surface area contributed by atoms with Crippen molar-refractivity contribution in [2.24, 2.45) is 5.73 Å². The summed E-state index contributed by atoms with van der Waals surface area (Å²) in [7, 11) is 0. The second-order valence-electron chi connectivity index (χ2n) is 4.74. The number of nitrogens with two attached hydrogens (primary N) is 1. The van der Waals surface area contributed by atoms with Gasteiger partial charge in [0.25, 0.3) is 5.91 Å². The minimum atomic E-state index is -0.513. The number of nitrogens with one attached hydrogen (secondary N) is 1. The minimum Gasteiger partial charge on any atom is -0.368 e. The third-order valence-corrected chi connectivity index (χ3v) is 3.33. The Hall–Kier alpha value is -2.89. The Bertz CT molecular complexity index is 687. The predicted molar refractivity (Wildman–Crippen MR) is 77.4 cm³/mol. The van der Waals surface area contributed by atoms with Gasteiger partial charge in [-0.1, -0.05) is 18.2 Å². The molecule has 1 aromatic carbocycles. The van der Waals surface area contributed by atoms with Gasteiger partial charge in [-0.3, -0.25) is 14.6 Å². The minimum absolute atomic E-state index is 0.00145. The molecule has 0 fully saturated rings. The highest BCUT2D eigenvalue weighted by Gasteiger charge is 2.32. The molecule has 0 saturated carbocycles. The zero-order chi connectivity index (χ0) is 14.8. The Morgan fingerprint density at radius 1 is 1.24 bits per heavy atom. The van der Waals surface area contributed by atoms with Crippen molar-refractivity contribution in [1.29, 1.82) is 0 Å². The molecule has 21 heavy (non-hydrogen) atoms. The molecule has 2 amide bonds. The van der Waals surface area contributed by atoms with Gasteiger partial charge in [0.15, 0.2) is 0 Å². The molecule has 1 aliphatic heterocycles. The summed E-state index contributed by atoms with van der Waals surface area (Å²) in [6, 6.07) is 12.5. The quantitative estimate of drug-likeness (QED) is 0.872. The lowest BCUT2D eigenvalue weighted by atomic mass is 10.1. The molecule has 0 spiro atoms. The van der Waals surface area contributed by atoms with E-state index >= 15 is 0 Å². The van der Waals surface area contributed by atoms with E-state index < -0.39 is 12.1 Å². The third kappa shape index (κ3) is 2.43. The molecule has 3 N–H and O–H groups in total. The van der Waals surface area contributed by atoms with Crippen LogP contribution in [0.4, 0.5) is 5.69 Å². The molecule has 0 radical (unpaired) electrons. The van der Waals surface area contributed by atoms with Crippen LogP contribution in [0.15, 0.2) is 48.7 Å². The molecule has 3 rings (SSSR count). The summed E-state index contributed by atoms with van der Waals surface area (Å²) >= 11 is 0. The summed E-state index contributed by atoms with van der Waals surface area (Å²) < 4.78 is 0. The molecule has 2 heterocycles. The van der Waals surface area contributed by atoms with Gasteiger partial charge >= 0.3 is 0 Å². The Morgan fingerprint density at radius 2 is 2.00 bits per heavy atom. The topological polar surface area (TPSA) is 88.3 Å². The van der Waals surface area contributed by atoms with E-state index in [4.69, 9.17) is 5.73 Å². The fourth-order valence-corrected chi connectivity index (χ4v) is 2.45. The van der Waals surface area contributed by atoms with Gasteiger partial charge in [-0.2, -0.15) is 0 Å². The first-order chi connectivity index (χ1) is 10.2. The van der Waals surface area contributed by atoms with Crippen LogP contribution in [-0.2, 0) is 4.79 Å². The molecule has 6 nitrogen and oxygen atoms in total. The maximum Gasteiger partial charge on any atom is 0.255 e. The van der Waals surface area contributed by atoms with Crippen LogP contribution in [0.25, 0.3) is 0 Å². The van der Waals surface area contributed by atoms with Crippen molar-refractivity contribution >= 4 is 17.5 Å². The van der Waals surface area contributed by atoms with E-state index in [-0.39, 0.29) is 12.5 Å². The van der Waals surface area contributed by atoms with E-state index in [0.29, 0.717) is 16.9 Å². The van der Waals surface area contributed by atoms with E-state index in [9.17, 15) is 9.59 Å². The highest BCUT2D eigenvalue weighted by molar-refractivity contribution is 6.02. The van der Waals surface area contributed by atoms with Gasteiger partial charge in [-0.15, -0.1) is 0 Å². The van der Waals surface area contributed by atoms with Crippen LogP contribution in [0.1, 0.15) is 22.2 Å². The highest BCUT2D eigenvalue weighted by Crippen LogP contribution is 2.31. The zero-order valence-electron chi connectivity index (χ0n) is 11.2. The van der Waals surface area contributed by atoms with Gasteiger partial charge in [0.1, 0.15) is 6.17 Å². The molecule has 6 heteroatoms. The van der Waals surface area contributed by atoms with Crippen LogP contribution >= 0.6 is 0 Å². The molecule has 1 aromatic heterocycles. The standard InChI is InChI=1S/C15H14N4O2/c16-13(20)9-19-12-7-2-1-5-10(12)15(21)18-14(19)11-6-3-4-8-17-11/h1-8,14H,9H2,(H2,16,20)(H,18,21). The normalized spacial score (nSPS) is 17.0. The van der Waals surface area contributed by atoms with Crippen molar-refractivity contribution in [2.45, 2.75) is 6.17 Å². The van der Waals surface area contributed by atoms with Crippen molar-refractivity contribution in [3.05, 3.63) is 59.9 Å².